The largest absolute Gasteiger partial charge is 0.394 e. The van der Waals surface area contributed by atoms with Crippen LogP contribution in [-0.2, 0) is 0 Å². The van der Waals surface area contributed by atoms with Gasteiger partial charge in [-0.15, -0.1) is 0 Å². The van der Waals surface area contributed by atoms with E-state index in [2.05, 4.69) is 23.6 Å². The molecule has 2 unspecified atom stereocenters. The summed E-state index contributed by atoms with van der Waals surface area (Å²) < 4.78 is 0. The maximum atomic E-state index is 9.20. The SMILES string of the molecule is CCCN1CCN(C(C)CC(C)(N)CO)CC1. The van der Waals surface area contributed by atoms with E-state index in [9.17, 15) is 5.11 Å². The molecule has 0 aliphatic carbocycles. The maximum absolute atomic E-state index is 9.20. The average molecular weight is 243 g/mol. The summed E-state index contributed by atoms with van der Waals surface area (Å²) in [6, 6.07) is 0.459. The van der Waals surface area contributed by atoms with Gasteiger partial charge in [0.1, 0.15) is 0 Å². The predicted molar refractivity (Wildman–Crippen MR) is 72.1 cm³/mol. The highest BCUT2D eigenvalue weighted by molar-refractivity contribution is 4.85. The first-order valence-electron chi connectivity index (χ1n) is 6.84. The molecule has 2 atom stereocenters. The van der Waals surface area contributed by atoms with Crippen molar-refractivity contribution in [3.05, 3.63) is 0 Å². The van der Waals surface area contributed by atoms with Crippen molar-refractivity contribution in [2.45, 2.75) is 45.2 Å². The summed E-state index contributed by atoms with van der Waals surface area (Å²) in [5.41, 5.74) is 5.57. The molecule has 3 N–H and O–H groups in total. The Hall–Kier alpha value is -0.160. The van der Waals surface area contributed by atoms with E-state index in [1.807, 2.05) is 6.92 Å². The minimum absolute atomic E-state index is 0.0626. The third-order valence-corrected chi connectivity index (χ3v) is 3.69. The molecule has 102 valence electrons. The van der Waals surface area contributed by atoms with Gasteiger partial charge in [0.15, 0.2) is 0 Å². The Morgan fingerprint density at radius 2 is 1.88 bits per heavy atom. The third-order valence-electron chi connectivity index (χ3n) is 3.69. The normalized spacial score (nSPS) is 24.5. The molecule has 1 aliphatic heterocycles. The molecular weight excluding hydrogens is 214 g/mol. The second-order valence-corrected chi connectivity index (χ2v) is 5.74. The number of hydrogen-bond donors (Lipinski definition) is 2. The Morgan fingerprint density at radius 3 is 2.35 bits per heavy atom. The molecule has 0 bridgehead atoms. The highest BCUT2D eigenvalue weighted by atomic mass is 16.3. The number of nitrogens with zero attached hydrogens (tertiary/aromatic N) is 2. The van der Waals surface area contributed by atoms with Gasteiger partial charge in [0, 0.05) is 37.8 Å². The van der Waals surface area contributed by atoms with E-state index in [1.165, 1.54) is 26.1 Å². The van der Waals surface area contributed by atoms with Crippen LogP contribution in [0.3, 0.4) is 0 Å². The number of aliphatic hydroxyl groups is 1. The Morgan fingerprint density at radius 1 is 1.29 bits per heavy atom. The van der Waals surface area contributed by atoms with E-state index < -0.39 is 5.54 Å². The molecule has 1 saturated heterocycles. The van der Waals surface area contributed by atoms with Crippen LogP contribution in [0.4, 0.5) is 0 Å². The summed E-state index contributed by atoms with van der Waals surface area (Å²) in [6.07, 6.45) is 2.10. The van der Waals surface area contributed by atoms with Crippen LogP contribution in [0, 0.1) is 0 Å². The zero-order valence-corrected chi connectivity index (χ0v) is 11.7. The van der Waals surface area contributed by atoms with Crippen LogP contribution in [0.15, 0.2) is 0 Å². The van der Waals surface area contributed by atoms with E-state index in [0.29, 0.717) is 6.04 Å². The number of aliphatic hydroxyl groups excluding tert-OH is 1. The Balaban J connectivity index is 2.33. The van der Waals surface area contributed by atoms with Crippen LogP contribution in [0.25, 0.3) is 0 Å². The predicted octanol–water partition coefficient (Wildman–Crippen LogP) is 0.502. The smallest absolute Gasteiger partial charge is 0.0609 e. The minimum Gasteiger partial charge on any atom is -0.394 e. The molecule has 17 heavy (non-hydrogen) atoms. The summed E-state index contributed by atoms with van der Waals surface area (Å²) in [7, 11) is 0. The minimum atomic E-state index is -0.444. The molecule has 4 heteroatoms. The maximum Gasteiger partial charge on any atom is 0.0609 e. The first-order valence-corrected chi connectivity index (χ1v) is 6.84. The molecule has 0 aromatic rings. The number of nitrogens with two attached hydrogens (primary N) is 1. The van der Waals surface area contributed by atoms with Crippen molar-refractivity contribution in [3.8, 4) is 0 Å². The van der Waals surface area contributed by atoms with E-state index in [-0.39, 0.29) is 6.61 Å². The highest BCUT2D eigenvalue weighted by Gasteiger charge is 2.26. The van der Waals surface area contributed by atoms with Crippen LogP contribution >= 0.6 is 0 Å². The first-order chi connectivity index (χ1) is 7.98. The molecule has 1 heterocycles. The van der Waals surface area contributed by atoms with E-state index in [4.69, 9.17) is 5.73 Å². The monoisotopic (exact) mass is 243 g/mol. The van der Waals surface area contributed by atoms with Gasteiger partial charge in [-0.2, -0.15) is 0 Å². The van der Waals surface area contributed by atoms with Gasteiger partial charge in [0.25, 0.3) is 0 Å². The number of piperazine rings is 1. The zero-order valence-electron chi connectivity index (χ0n) is 11.7. The summed E-state index contributed by atoms with van der Waals surface area (Å²) >= 11 is 0. The van der Waals surface area contributed by atoms with E-state index in [0.717, 1.165) is 19.5 Å². The molecule has 0 amide bonds. The van der Waals surface area contributed by atoms with E-state index >= 15 is 0 Å². The fourth-order valence-corrected chi connectivity index (χ4v) is 2.61. The molecule has 1 rings (SSSR count). The van der Waals surface area contributed by atoms with Gasteiger partial charge in [0.05, 0.1) is 6.61 Å². The van der Waals surface area contributed by atoms with Crippen molar-refractivity contribution >= 4 is 0 Å². The van der Waals surface area contributed by atoms with Crippen molar-refractivity contribution in [2.24, 2.45) is 5.73 Å². The van der Waals surface area contributed by atoms with Crippen molar-refractivity contribution in [3.63, 3.8) is 0 Å². The van der Waals surface area contributed by atoms with Gasteiger partial charge >= 0.3 is 0 Å². The number of hydrogen-bond acceptors (Lipinski definition) is 4. The van der Waals surface area contributed by atoms with Crippen LogP contribution in [0.2, 0.25) is 0 Å². The summed E-state index contributed by atoms with van der Waals surface area (Å²) in [5.74, 6) is 0. The molecule has 0 radical (unpaired) electrons. The fraction of sp³-hybridized carbons (Fsp3) is 1.00. The van der Waals surface area contributed by atoms with Gasteiger partial charge in [-0.3, -0.25) is 4.90 Å². The lowest BCUT2D eigenvalue weighted by Crippen LogP contribution is -2.53. The van der Waals surface area contributed by atoms with Gasteiger partial charge in [-0.25, -0.2) is 0 Å². The Kier molecular flexibility index (Phi) is 5.86. The Bertz CT molecular complexity index is 213. The zero-order chi connectivity index (χ0) is 12.9. The molecule has 0 spiro atoms. The van der Waals surface area contributed by atoms with Crippen LogP contribution < -0.4 is 5.73 Å². The quantitative estimate of drug-likeness (QED) is 0.713. The van der Waals surface area contributed by atoms with Gasteiger partial charge in [0.2, 0.25) is 0 Å². The van der Waals surface area contributed by atoms with Crippen molar-refractivity contribution < 1.29 is 5.11 Å². The second-order valence-electron chi connectivity index (χ2n) is 5.74. The molecule has 1 aliphatic rings. The standard InChI is InChI=1S/C13H29N3O/c1-4-5-15-6-8-16(9-7-15)12(2)10-13(3,14)11-17/h12,17H,4-11,14H2,1-3H3. The molecule has 4 nitrogen and oxygen atoms in total. The van der Waals surface area contributed by atoms with Gasteiger partial charge in [-0.05, 0) is 33.2 Å². The molecule has 0 aromatic carbocycles. The third kappa shape index (κ3) is 4.92. The lowest BCUT2D eigenvalue weighted by atomic mass is 9.95. The number of rotatable bonds is 6. The topological polar surface area (TPSA) is 52.7 Å². The fourth-order valence-electron chi connectivity index (χ4n) is 2.61. The van der Waals surface area contributed by atoms with E-state index in [1.54, 1.807) is 0 Å². The van der Waals surface area contributed by atoms with Crippen LogP contribution in [0.5, 0.6) is 0 Å². The van der Waals surface area contributed by atoms with Crippen molar-refractivity contribution in [1.82, 2.24) is 9.80 Å². The Labute approximate surface area is 106 Å². The second kappa shape index (κ2) is 6.69. The summed E-state index contributed by atoms with van der Waals surface area (Å²) in [5, 5.41) is 9.20. The summed E-state index contributed by atoms with van der Waals surface area (Å²) in [6.45, 7) is 12.2. The molecule has 1 fully saturated rings. The highest BCUT2D eigenvalue weighted by Crippen LogP contribution is 2.15. The van der Waals surface area contributed by atoms with Crippen LogP contribution in [-0.4, -0.2) is 65.8 Å². The van der Waals surface area contributed by atoms with Crippen LogP contribution in [0.1, 0.15) is 33.6 Å². The van der Waals surface area contributed by atoms with Gasteiger partial charge in [-0.1, -0.05) is 6.92 Å². The average Bonchev–Trinajstić information content (AvgIpc) is 2.30. The van der Waals surface area contributed by atoms with Crippen molar-refractivity contribution in [2.75, 3.05) is 39.3 Å². The molecule has 0 saturated carbocycles. The lowest BCUT2D eigenvalue weighted by molar-refractivity contribution is 0.0804. The molecular formula is C13H29N3O. The first kappa shape index (κ1) is 14.9. The van der Waals surface area contributed by atoms with Gasteiger partial charge < -0.3 is 15.7 Å². The van der Waals surface area contributed by atoms with Crippen molar-refractivity contribution in [1.29, 1.82) is 0 Å². The lowest BCUT2D eigenvalue weighted by Gasteiger charge is -2.40. The summed E-state index contributed by atoms with van der Waals surface area (Å²) in [4.78, 5) is 5.02. The molecule has 0 aromatic heterocycles.